The summed E-state index contributed by atoms with van der Waals surface area (Å²) in [6.45, 7) is 8.91. The number of nitrogens with one attached hydrogen (secondary N) is 1. The van der Waals surface area contributed by atoms with Gasteiger partial charge in [0.2, 0.25) is 11.8 Å². The third kappa shape index (κ3) is 8.18. The average Bonchev–Trinajstić information content (AvgIpc) is 2.93. The molecule has 0 fully saturated rings. The molecule has 0 unspecified atom stereocenters. The molecule has 0 spiro atoms. The number of aryl methyl sites for hydroxylation is 1. The van der Waals surface area contributed by atoms with Crippen molar-refractivity contribution >= 4 is 50.7 Å². The molecular weight excluding hydrogens is 597 g/mol. The van der Waals surface area contributed by atoms with Crippen LogP contribution < -0.4 is 14.4 Å². The van der Waals surface area contributed by atoms with Gasteiger partial charge in [0.25, 0.3) is 10.0 Å². The number of carbonyl (C=O) groups excluding carboxylic acids is 2. The molecule has 226 valence electrons. The third-order valence-corrected chi connectivity index (χ3v) is 9.03. The number of hydrogen-bond acceptors (Lipinski definition) is 5. The van der Waals surface area contributed by atoms with Crippen molar-refractivity contribution < 1.29 is 22.7 Å². The van der Waals surface area contributed by atoms with Gasteiger partial charge in [0, 0.05) is 28.2 Å². The molecule has 0 aliphatic heterocycles. The van der Waals surface area contributed by atoms with Gasteiger partial charge < -0.3 is 15.0 Å². The summed E-state index contributed by atoms with van der Waals surface area (Å²) >= 11 is 12.9. The standard InChI is InChI=1S/C31H37Cl2N3O5S/c1-6-29(31(38)34-21(3)4)35(19-26-27(32)9-8-10-28(26)33)30(37)20-36(23-13-15-24(16-14-23)41-7-2)42(39,40)25-17-11-22(5)12-18-25/h8-18,21,29H,6-7,19-20H2,1-5H3,(H,34,38)/t29-/m0/s1. The Morgan fingerprint density at radius 1 is 0.929 bits per heavy atom. The SMILES string of the molecule is CCOc1ccc(N(CC(=O)N(Cc2c(Cl)cccc2Cl)[C@@H](CC)C(=O)NC(C)C)S(=O)(=O)c2ccc(C)cc2)cc1. The third-order valence-electron chi connectivity index (χ3n) is 6.53. The maximum absolute atomic E-state index is 14.2. The van der Waals surface area contributed by atoms with Gasteiger partial charge in [-0.05, 0) is 82.6 Å². The molecule has 2 amide bonds. The van der Waals surface area contributed by atoms with Crippen molar-refractivity contribution in [3.05, 3.63) is 87.9 Å². The number of halogens is 2. The summed E-state index contributed by atoms with van der Waals surface area (Å²) in [6.07, 6.45) is 0.278. The number of amides is 2. The van der Waals surface area contributed by atoms with E-state index in [1.54, 1.807) is 61.5 Å². The minimum Gasteiger partial charge on any atom is -0.494 e. The minimum atomic E-state index is -4.19. The van der Waals surface area contributed by atoms with E-state index in [4.69, 9.17) is 27.9 Å². The summed E-state index contributed by atoms with van der Waals surface area (Å²) in [7, 11) is -4.19. The van der Waals surface area contributed by atoms with Crippen LogP contribution in [0.25, 0.3) is 0 Å². The molecule has 0 saturated heterocycles. The Balaban J connectivity index is 2.10. The fraction of sp³-hybridized carbons (Fsp3) is 0.355. The molecule has 42 heavy (non-hydrogen) atoms. The van der Waals surface area contributed by atoms with Crippen molar-refractivity contribution in [3.8, 4) is 5.75 Å². The van der Waals surface area contributed by atoms with E-state index < -0.39 is 28.5 Å². The smallest absolute Gasteiger partial charge is 0.264 e. The second-order valence-corrected chi connectivity index (χ2v) is 12.7. The topological polar surface area (TPSA) is 96.0 Å². The highest BCUT2D eigenvalue weighted by molar-refractivity contribution is 7.92. The summed E-state index contributed by atoms with van der Waals surface area (Å²) in [6, 6.07) is 16.8. The molecular formula is C31H37Cl2N3O5S. The first-order valence-corrected chi connectivity index (χ1v) is 15.9. The largest absolute Gasteiger partial charge is 0.494 e. The van der Waals surface area contributed by atoms with Gasteiger partial charge in [-0.15, -0.1) is 0 Å². The number of rotatable bonds is 13. The van der Waals surface area contributed by atoms with Crippen molar-refractivity contribution in [1.82, 2.24) is 10.2 Å². The lowest BCUT2D eigenvalue weighted by molar-refractivity contribution is -0.140. The lowest BCUT2D eigenvalue weighted by Crippen LogP contribution is -2.53. The van der Waals surface area contributed by atoms with Gasteiger partial charge in [-0.1, -0.05) is 53.9 Å². The zero-order valence-electron chi connectivity index (χ0n) is 24.4. The van der Waals surface area contributed by atoms with Crippen LogP contribution in [-0.2, 0) is 26.2 Å². The van der Waals surface area contributed by atoms with Crippen LogP contribution in [-0.4, -0.2) is 50.4 Å². The van der Waals surface area contributed by atoms with E-state index in [-0.39, 0.29) is 35.5 Å². The van der Waals surface area contributed by atoms with Crippen LogP contribution in [0, 0.1) is 6.92 Å². The number of carbonyl (C=O) groups is 2. The highest BCUT2D eigenvalue weighted by atomic mass is 35.5. The number of anilines is 1. The number of sulfonamides is 1. The number of benzene rings is 3. The summed E-state index contributed by atoms with van der Waals surface area (Å²) in [5, 5.41) is 3.52. The van der Waals surface area contributed by atoms with Crippen molar-refractivity contribution in [2.75, 3.05) is 17.5 Å². The molecule has 8 nitrogen and oxygen atoms in total. The lowest BCUT2D eigenvalue weighted by Gasteiger charge is -2.34. The first-order valence-electron chi connectivity index (χ1n) is 13.7. The zero-order chi connectivity index (χ0) is 31.0. The number of nitrogens with zero attached hydrogens (tertiary/aromatic N) is 2. The fourth-order valence-corrected chi connectivity index (χ4v) is 6.33. The van der Waals surface area contributed by atoms with Crippen LogP contribution in [0.3, 0.4) is 0 Å². The predicted molar refractivity (Wildman–Crippen MR) is 168 cm³/mol. The maximum Gasteiger partial charge on any atom is 0.264 e. The van der Waals surface area contributed by atoms with Crippen molar-refractivity contribution in [3.63, 3.8) is 0 Å². The van der Waals surface area contributed by atoms with Gasteiger partial charge in [-0.3, -0.25) is 13.9 Å². The van der Waals surface area contributed by atoms with Crippen molar-refractivity contribution in [2.24, 2.45) is 0 Å². The normalized spacial score (nSPS) is 12.1. The van der Waals surface area contributed by atoms with E-state index in [1.807, 2.05) is 27.7 Å². The Morgan fingerprint density at radius 2 is 1.52 bits per heavy atom. The van der Waals surface area contributed by atoms with E-state index >= 15 is 0 Å². The molecule has 11 heteroatoms. The second kappa shape index (κ2) is 14.8. The van der Waals surface area contributed by atoms with Crippen molar-refractivity contribution in [2.45, 2.75) is 64.6 Å². The van der Waals surface area contributed by atoms with Gasteiger partial charge in [-0.25, -0.2) is 8.42 Å². The highest BCUT2D eigenvalue weighted by Crippen LogP contribution is 2.29. The van der Waals surface area contributed by atoms with E-state index in [0.717, 1.165) is 9.87 Å². The number of ether oxygens (including phenoxy) is 1. The van der Waals surface area contributed by atoms with Crippen LogP contribution in [0.5, 0.6) is 5.75 Å². The molecule has 1 atom stereocenters. The van der Waals surface area contributed by atoms with Gasteiger partial charge in [0.15, 0.2) is 0 Å². The van der Waals surface area contributed by atoms with Gasteiger partial charge in [0.05, 0.1) is 17.2 Å². The second-order valence-electron chi connectivity index (χ2n) is 10.1. The average molecular weight is 635 g/mol. The van der Waals surface area contributed by atoms with Gasteiger partial charge in [0.1, 0.15) is 18.3 Å². The molecule has 0 saturated carbocycles. The van der Waals surface area contributed by atoms with Crippen LogP contribution in [0.1, 0.15) is 45.2 Å². The quantitative estimate of drug-likeness (QED) is 0.241. The van der Waals surface area contributed by atoms with E-state index in [9.17, 15) is 18.0 Å². The Labute approximate surface area is 258 Å². The van der Waals surface area contributed by atoms with Gasteiger partial charge >= 0.3 is 0 Å². The minimum absolute atomic E-state index is 0.0278. The maximum atomic E-state index is 14.2. The first kappa shape index (κ1) is 33.2. The Bertz CT molecular complexity index is 1460. The molecule has 0 radical (unpaired) electrons. The van der Waals surface area contributed by atoms with E-state index in [1.165, 1.54) is 17.0 Å². The zero-order valence-corrected chi connectivity index (χ0v) is 26.8. The molecule has 3 aromatic carbocycles. The summed E-state index contributed by atoms with van der Waals surface area (Å²) in [5.74, 6) is -0.397. The monoisotopic (exact) mass is 633 g/mol. The van der Waals surface area contributed by atoms with Crippen molar-refractivity contribution in [1.29, 1.82) is 0 Å². The van der Waals surface area contributed by atoms with E-state index in [0.29, 0.717) is 28.0 Å². The highest BCUT2D eigenvalue weighted by Gasteiger charge is 2.34. The Morgan fingerprint density at radius 3 is 2.05 bits per heavy atom. The van der Waals surface area contributed by atoms with Gasteiger partial charge in [-0.2, -0.15) is 0 Å². The molecule has 0 bridgehead atoms. The van der Waals surface area contributed by atoms with Crippen LogP contribution in [0.2, 0.25) is 10.0 Å². The number of hydrogen-bond donors (Lipinski definition) is 1. The Hall–Kier alpha value is -3.27. The predicted octanol–water partition coefficient (Wildman–Crippen LogP) is 6.23. The summed E-state index contributed by atoms with van der Waals surface area (Å²) in [5.41, 5.74) is 1.61. The fourth-order valence-electron chi connectivity index (χ4n) is 4.40. The first-order chi connectivity index (χ1) is 19.9. The lowest BCUT2D eigenvalue weighted by atomic mass is 10.1. The van der Waals surface area contributed by atoms with Crippen LogP contribution in [0.4, 0.5) is 5.69 Å². The van der Waals surface area contributed by atoms with Crippen LogP contribution in [0.15, 0.2) is 71.6 Å². The molecule has 3 aromatic rings. The molecule has 0 aliphatic carbocycles. The molecule has 0 aromatic heterocycles. The molecule has 0 aliphatic rings. The van der Waals surface area contributed by atoms with E-state index in [2.05, 4.69) is 5.32 Å². The molecule has 0 heterocycles. The molecule has 1 N–H and O–H groups in total. The summed E-state index contributed by atoms with van der Waals surface area (Å²) < 4.78 is 34.6. The molecule has 3 rings (SSSR count). The summed E-state index contributed by atoms with van der Waals surface area (Å²) in [4.78, 5) is 28.8. The van der Waals surface area contributed by atoms with Crippen LogP contribution >= 0.6 is 23.2 Å². The Kier molecular flexibility index (Phi) is 11.7.